The fourth-order valence-corrected chi connectivity index (χ4v) is 4.03. The van der Waals surface area contributed by atoms with Crippen molar-refractivity contribution >= 4 is 28.9 Å². The molecule has 0 unspecified atom stereocenters. The largest absolute Gasteiger partial charge is 0.394 e. The van der Waals surface area contributed by atoms with Crippen LogP contribution in [0.3, 0.4) is 0 Å². The van der Waals surface area contributed by atoms with Crippen LogP contribution in [-0.2, 0) is 9.47 Å². The van der Waals surface area contributed by atoms with Gasteiger partial charge in [-0.3, -0.25) is 14.3 Å². The molecule has 3 heterocycles. The molecule has 5 N–H and O–H groups in total. The van der Waals surface area contributed by atoms with Crippen LogP contribution in [0.15, 0.2) is 46.3 Å². The molecule has 1 saturated heterocycles. The van der Waals surface area contributed by atoms with Crippen LogP contribution in [0.25, 0.3) is 11.2 Å². The van der Waals surface area contributed by atoms with Gasteiger partial charge in [-0.1, -0.05) is 18.2 Å². The highest BCUT2D eigenvalue weighted by atomic mass is 32.2. The quantitative estimate of drug-likeness (QED) is 0.310. The zero-order chi connectivity index (χ0) is 20.4. The number of nitrogens with two attached hydrogens (primary N) is 1. The number of nitrogens with zero attached hydrogens (tertiary/aromatic N) is 3. The standard InChI is InChI=1S/C18H21N5O5S/c19-18-21-15-12(16(26)22-18)20-9-23(15)17-14(13(25)11(8-24)28-17)27-6-7-29-10-4-2-1-3-5-10/h1-5,9,11,13-14,17,24-25H,6-8H2,(H3,19,21,22,26)/t11-,13-,14-,17-/m1/s1. The van der Waals surface area contributed by atoms with E-state index in [1.165, 1.54) is 10.9 Å². The number of hydrogen-bond acceptors (Lipinski definition) is 9. The Morgan fingerprint density at radius 1 is 1.34 bits per heavy atom. The highest BCUT2D eigenvalue weighted by molar-refractivity contribution is 7.99. The van der Waals surface area contributed by atoms with Crippen LogP contribution < -0.4 is 11.3 Å². The normalized spacial score (nSPS) is 24.3. The van der Waals surface area contributed by atoms with Gasteiger partial charge in [-0.2, -0.15) is 4.98 Å². The Balaban J connectivity index is 1.52. The molecule has 0 aliphatic carbocycles. The molecule has 1 fully saturated rings. The van der Waals surface area contributed by atoms with Crippen molar-refractivity contribution in [2.75, 3.05) is 24.7 Å². The number of anilines is 1. The van der Waals surface area contributed by atoms with E-state index in [1.54, 1.807) is 11.8 Å². The maximum absolute atomic E-state index is 12.0. The first kappa shape index (κ1) is 19.9. The molecule has 0 spiro atoms. The second-order valence-corrected chi connectivity index (χ2v) is 7.68. The first-order valence-corrected chi connectivity index (χ1v) is 10.0. The zero-order valence-corrected chi connectivity index (χ0v) is 16.2. The fourth-order valence-electron chi connectivity index (χ4n) is 3.26. The molecule has 1 aliphatic rings. The summed E-state index contributed by atoms with van der Waals surface area (Å²) in [5.41, 5.74) is 5.49. The van der Waals surface area contributed by atoms with Crippen LogP contribution >= 0.6 is 11.8 Å². The summed E-state index contributed by atoms with van der Waals surface area (Å²) >= 11 is 1.63. The summed E-state index contributed by atoms with van der Waals surface area (Å²) in [5.74, 6) is 0.609. The lowest BCUT2D eigenvalue weighted by molar-refractivity contribution is -0.0671. The van der Waals surface area contributed by atoms with Gasteiger partial charge in [0.25, 0.3) is 5.56 Å². The number of aliphatic hydroxyl groups excluding tert-OH is 2. The lowest BCUT2D eigenvalue weighted by atomic mass is 10.1. The highest BCUT2D eigenvalue weighted by Crippen LogP contribution is 2.33. The van der Waals surface area contributed by atoms with Gasteiger partial charge in [0.05, 0.1) is 19.5 Å². The predicted molar refractivity (Wildman–Crippen MR) is 106 cm³/mol. The van der Waals surface area contributed by atoms with E-state index >= 15 is 0 Å². The van der Waals surface area contributed by atoms with Gasteiger partial charge < -0.3 is 25.4 Å². The molecule has 11 heteroatoms. The number of nitrogen functional groups attached to an aromatic ring is 1. The van der Waals surface area contributed by atoms with Gasteiger partial charge >= 0.3 is 0 Å². The summed E-state index contributed by atoms with van der Waals surface area (Å²) in [4.78, 5) is 23.7. The minimum Gasteiger partial charge on any atom is -0.394 e. The average molecular weight is 419 g/mol. The molecule has 0 amide bonds. The van der Waals surface area contributed by atoms with Gasteiger partial charge in [-0.15, -0.1) is 11.8 Å². The Morgan fingerprint density at radius 2 is 2.14 bits per heavy atom. The number of benzene rings is 1. The maximum Gasteiger partial charge on any atom is 0.280 e. The molecule has 0 radical (unpaired) electrons. The molecule has 0 saturated carbocycles. The Morgan fingerprint density at radius 3 is 2.90 bits per heavy atom. The molecule has 4 rings (SSSR count). The van der Waals surface area contributed by atoms with E-state index in [4.69, 9.17) is 15.2 Å². The summed E-state index contributed by atoms with van der Waals surface area (Å²) in [6, 6.07) is 9.89. The van der Waals surface area contributed by atoms with Crippen molar-refractivity contribution in [3.8, 4) is 0 Å². The van der Waals surface area contributed by atoms with Crippen molar-refractivity contribution in [2.24, 2.45) is 0 Å². The molecule has 1 aliphatic heterocycles. The molecular formula is C18H21N5O5S. The summed E-state index contributed by atoms with van der Waals surface area (Å²) in [5, 5.41) is 20.1. The SMILES string of the molecule is Nc1nc2c(ncn2[C@@H]2O[C@H](CO)[C@@H](O)[C@H]2OCCSc2ccccc2)c(=O)[nH]1. The number of ether oxygens (including phenoxy) is 2. The molecule has 3 aromatic rings. The lowest BCUT2D eigenvalue weighted by Crippen LogP contribution is -2.36. The van der Waals surface area contributed by atoms with Crippen LogP contribution in [0, 0.1) is 0 Å². The van der Waals surface area contributed by atoms with E-state index in [0.717, 1.165) is 4.90 Å². The van der Waals surface area contributed by atoms with Gasteiger partial charge in [-0.25, -0.2) is 4.98 Å². The Bertz CT molecular complexity index is 1030. The molecule has 1 aromatic carbocycles. The van der Waals surface area contributed by atoms with Crippen molar-refractivity contribution in [2.45, 2.75) is 29.4 Å². The van der Waals surface area contributed by atoms with E-state index < -0.39 is 30.1 Å². The third-order valence-corrected chi connectivity index (χ3v) is 5.60. The average Bonchev–Trinajstić information content (AvgIpc) is 3.27. The van der Waals surface area contributed by atoms with Gasteiger partial charge in [-0.05, 0) is 12.1 Å². The predicted octanol–water partition coefficient (Wildman–Crippen LogP) is 0.130. The van der Waals surface area contributed by atoms with Crippen LogP contribution in [0.2, 0.25) is 0 Å². The van der Waals surface area contributed by atoms with E-state index in [0.29, 0.717) is 12.4 Å². The van der Waals surface area contributed by atoms with E-state index in [-0.39, 0.29) is 23.7 Å². The molecule has 4 atom stereocenters. The van der Waals surface area contributed by atoms with Crippen LogP contribution in [-0.4, -0.2) is 67.0 Å². The Labute approximate surface area is 169 Å². The van der Waals surface area contributed by atoms with Crippen LogP contribution in [0.1, 0.15) is 6.23 Å². The van der Waals surface area contributed by atoms with Crippen molar-refractivity contribution in [3.63, 3.8) is 0 Å². The number of imidazole rings is 1. The number of aromatic nitrogens is 4. The van der Waals surface area contributed by atoms with Gasteiger partial charge in [0, 0.05) is 10.6 Å². The zero-order valence-electron chi connectivity index (χ0n) is 15.3. The van der Waals surface area contributed by atoms with Crippen molar-refractivity contribution in [1.82, 2.24) is 19.5 Å². The number of rotatable bonds is 7. The van der Waals surface area contributed by atoms with Crippen molar-refractivity contribution < 1.29 is 19.7 Å². The number of nitrogens with one attached hydrogen (secondary N) is 1. The number of aliphatic hydroxyl groups is 2. The second-order valence-electron chi connectivity index (χ2n) is 6.51. The minimum atomic E-state index is -1.05. The first-order valence-electron chi connectivity index (χ1n) is 9.04. The highest BCUT2D eigenvalue weighted by Gasteiger charge is 2.45. The lowest BCUT2D eigenvalue weighted by Gasteiger charge is -2.22. The molecule has 10 nitrogen and oxygen atoms in total. The fraction of sp³-hybridized carbons (Fsp3) is 0.389. The Hall–Kier alpha value is -2.44. The van der Waals surface area contributed by atoms with Crippen molar-refractivity contribution in [1.29, 1.82) is 0 Å². The van der Waals surface area contributed by atoms with Gasteiger partial charge in [0.15, 0.2) is 17.4 Å². The smallest absolute Gasteiger partial charge is 0.280 e. The maximum atomic E-state index is 12.0. The topological polar surface area (TPSA) is 149 Å². The second kappa shape index (κ2) is 8.51. The van der Waals surface area contributed by atoms with E-state index in [2.05, 4.69) is 15.0 Å². The molecule has 154 valence electrons. The van der Waals surface area contributed by atoms with E-state index in [1.807, 2.05) is 30.3 Å². The summed E-state index contributed by atoms with van der Waals surface area (Å²) in [7, 11) is 0. The molecule has 0 bridgehead atoms. The first-order chi connectivity index (χ1) is 14.1. The summed E-state index contributed by atoms with van der Waals surface area (Å²) in [6.07, 6.45) is -2.09. The van der Waals surface area contributed by atoms with Gasteiger partial charge in [0.1, 0.15) is 18.3 Å². The Kier molecular flexibility index (Phi) is 5.83. The number of hydrogen-bond donors (Lipinski definition) is 4. The van der Waals surface area contributed by atoms with Crippen LogP contribution in [0.5, 0.6) is 0 Å². The third kappa shape index (κ3) is 4.00. The summed E-state index contributed by atoms with van der Waals surface area (Å²) < 4.78 is 13.2. The molecular weight excluding hydrogens is 398 g/mol. The van der Waals surface area contributed by atoms with Crippen LogP contribution in [0.4, 0.5) is 5.95 Å². The molecule has 2 aromatic heterocycles. The third-order valence-electron chi connectivity index (χ3n) is 4.62. The monoisotopic (exact) mass is 419 g/mol. The summed E-state index contributed by atoms with van der Waals surface area (Å²) in [6.45, 7) is -0.0266. The van der Waals surface area contributed by atoms with Crippen molar-refractivity contribution in [3.05, 3.63) is 47.0 Å². The minimum absolute atomic E-state index is 0.0572. The number of H-pyrrole nitrogens is 1. The number of aromatic amines is 1. The number of thioether (sulfide) groups is 1. The molecule has 29 heavy (non-hydrogen) atoms. The van der Waals surface area contributed by atoms with E-state index in [9.17, 15) is 15.0 Å². The number of fused-ring (bicyclic) bond motifs is 1. The van der Waals surface area contributed by atoms with Gasteiger partial charge in [0.2, 0.25) is 5.95 Å².